The lowest BCUT2D eigenvalue weighted by atomic mass is 10.1. The van der Waals surface area contributed by atoms with Crippen LogP contribution < -0.4 is 10.6 Å². The highest BCUT2D eigenvalue weighted by Crippen LogP contribution is 2.40. The Labute approximate surface area is 118 Å². The molecule has 20 heavy (non-hydrogen) atoms. The summed E-state index contributed by atoms with van der Waals surface area (Å²) in [6.07, 6.45) is 2.06. The van der Waals surface area contributed by atoms with E-state index in [0.29, 0.717) is 18.8 Å². The van der Waals surface area contributed by atoms with Crippen molar-refractivity contribution in [2.75, 3.05) is 0 Å². The van der Waals surface area contributed by atoms with Gasteiger partial charge in [0.15, 0.2) is 0 Å². The van der Waals surface area contributed by atoms with E-state index in [1.54, 1.807) is 0 Å². The number of nitrogens with one attached hydrogen (secondary N) is 2. The molecule has 0 radical (unpaired) electrons. The zero-order valence-electron chi connectivity index (χ0n) is 11.5. The lowest BCUT2D eigenvalue weighted by Gasteiger charge is -2.14. The monoisotopic (exact) mass is 276 g/mol. The van der Waals surface area contributed by atoms with Gasteiger partial charge in [-0.3, -0.25) is 0 Å². The Morgan fingerprint density at radius 3 is 2.65 bits per heavy atom. The molecule has 2 amide bonds. The molecule has 2 rings (SSSR count). The van der Waals surface area contributed by atoms with Gasteiger partial charge in [-0.1, -0.05) is 43.7 Å². The molecule has 3 atom stereocenters. The summed E-state index contributed by atoms with van der Waals surface area (Å²) in [5.41, 5.74) is 1.21. The van der Waals surface area contributed by atoms with E-state index in [1.165, 1.54) is 5.56 Å². The van der Waals surface area contributed by atoms with Crippen molar-refractivity contribution < 1.29 is 14.7 Å². The van der Waals surface area contributed by atoms with Gasteiger partial charge in [0.25, 0.3) is 0 Å². The van der Waals surface area contributed by atoms with Crippen LogP contribution in [0.4, 0.5) is 4.79 Å². The number of carboxylic acids is 1. The highest BCUT2D eigenvalue weighted by atomic mass is 16.4. The quantitative estimate of drug-likeness (QED) is 0.744. The largest absolute Gasteiger partial charge is 0.480 e. The van der Waals surface area contributed by atoms with E-state index < -0.39 is 18.0 Å². The number of carbonyl (C=O) groups excluding carboxylic acids is 1. The number of hydrogen-bond donors (Lipinski definition) is 3. The second-order valence-corrected chi connectivity index (χ2v) is 5.16. The number of benzene rings is 1. The average Bonchev–Trinajstić information content (AvgIpc) is 3.18. The lowest BCUT2D eigenvalue weighted by Crippen LogP contribution is -2.46. The lowest BCUT2D eigenvalue weighted by molar-refractivity contribution is -0.139. The van der Waals surface area contributed by atoms with Crippen molar-refractivity contribution in [2.45, 2.75) is 44.2 Å². The van der Waals surface area contributed by atoms with Crippen LogP contribution in [0.2, 0.25) is 0 Å². The molecule has 1 saturated carbocycles. The molecule has 0 heterocycles. The number of hydrogen-bond acceptors (Lipinski definition) is 2. The number of carbonyl (C=O) groups is 2. The van der Waals surface area contributed by atoms with Gasteiger partial charge in [0.05, 0.1) is 0 Å². The molecular weight excluding hydrogens is 256 g/mol. The summed E-state index contributed by atoms with van der Waals surface area (Å²) in [6, 6.07) is 8.90. The van der Waals surface area contributed by atoms with E-state index in [2.05, 4.69) is 10.6 Å². The molecule has 0 saturated heterocycles. The van der Waals surface area contributed by atoms with E-state index in [1.807, 2.05) is 37.3 Å². The molecule has 108 valence electrons. The Bertz CT molecular complexity index is 475. The summed E-state index contributed by atoms with van der Waals surface area (Å²) < 4.78 is 0. The van der Waals surface area contributed by atoms with Gasteiger partial charge in [-0.15, -0.1) is 0 Å². The molecule has 5 heteroatoms. The fourth-order valence-electron chi connectivity index (χ4n) is 2.34. The SMILES string of the molecule is CCC[C@H](NC(=O)NC1CC1c1ccccc1)C(=O)O. The number of amides is 2. The molecule has 1 aromatic carbocycles. The molecule has 2 unspecified atom stereocenters. The van der Waals surface area contributed by atoms with Crippen molar-refractivity contribution in [3.05, 3.63) is 35.9 Å². The molecular formula is C15H20N2O3. The molecule has 5 nitrogen and oxygen atoms in total. The molecule has 3 N–H and O–H groups in total. The zero-order chi connectivity index (χ0) is 14.5. The Morgan fingerprint density at radius 2 is 2.05 bits per heavy atom. The van der Waals surface area contributed by atoms with Crippen LogP contribution in [0.15, 0.2) is 30.3 Å². The van der Waals surface area contributed by atoms with Gasteiger partial charge >= 0.3 is 12.0 Å². The smallest absolute Gasteiger partial charge is 0.326 e. The third-order valence-electron chi connectivity index (χ3n) is 3.52. The van der Waals surface area contributed by atoms with E-state index in [0.717, 1.165) is 6.42 Å². The van der Waals surface area contributed by atoms with Crippen molar-refractivity contribution >= 4 is 12.0 Å². The highest BCUT2D eigenvalue weighted by molar-refractivity contribution is 5.82. The second-order valence-electron chi connectivity index (χ2n) is 5.16. The summed E-state index contributed by atoms with van der Waals surface area (Å²) in [7, 11) is 0. The minimum Gasteiger partial charge on any atom is -0.480 e. The van der Waals surface area contributed by atoms with E-state index in [-0.39, 0.29) is 6.04 Å². The number of rotatable bonds is 6. The van der Waals surface area contributed by atoms with Gasteiger partial charge in [0.1, 0.15) is 6.04 Å². The van der Waals surface area contributed by atoms with Crippen LogP contribution in [-0.4, -0.2) is 29.2 Å². The maximum absolute atomic E-state index is 11.8. The predicted octanol–water partition coefficient (Wildman–Crippen LogP) is 2.09. The predicted molar refractivity (Wildman–Crippen MR) is 75.6 cm³/mol. The summed E-state index contributed by atoms with van der Waals surface area (Å²) >= 11 is 0. The summed E-state index contributed by atoms with van der Waals surface area (Å²) in [5.74, 6) is -0.645. The zero-order valence-corrected chi connectivity index (χ0v) is 11.5. The van der Waals surface area contributed by atoms with Crippen LogP contribution in [-0.2, 0) is 4.79 Å². The van der Waals surface area contributed by atoms with Gasteiger partial charge in [0.2, 0.25) is 0 Å². The molecule has 0 bridgehead atoms. The number of aliphatic carboxylic acids is 1. The summed E-state index contributed by atoms with van der Waals surface area (Å²) in [4.78, 5) is 22.7. The van der Waals surface area contributed by atoms with Gasteiger partial charge in [-0.05, 0) is 18.4 Å². The Morgan fingerprint density at radius 1 is 1.35 bits per heavy atom. The van der Waals surface area contributed by atoms with Gasteiger partial charge < -0.3 is 15.7 Å². The van der Waals surface area contributed by atoms with Gasteiger partial charge in [-0.2, -0.15) is 0 Å². The first-order chi connectivity index (χ1) is 9.61. The van der Waals surface area contributed by atoms with Gasteiger partial charge in [0, 0.05) is 12.0 Å². The first kappa shape index (κ1) is 14.4. The van der Waals surface area contributed by atoms with Crippen LogP contribution in [0.3, 0.4) is 0 Å². The second kappa shape index (κ2) is 6.41. The van der Waals surface area contributed by atoms with E-state index in [9.17, 15) is 9.59 Å². The Balaban J connectivity index is 1.80. The fraction of sp³-hybridized carbons (Fsp3) is 0.467. The molecule has 0 aliphatic heterocycles. The van der Waals surface area contributed by atoms with E-state index in [4.69, 9.17) is 5.11 Å². The average molecular weight is 276 g/mol. The van der Waals surface area contributed by atoms with Crippen molar-refractivity contribution in [1.82, 2.24) is 10.6 Å². The van der Waals surface area contributed by atoms with Crippen LogP contribution in [0, 0.1) is 0 Å². The number of urea groups is 1. The Kier molecular flexibility index (Phi) is 4.61. The Hall–Kier alpha value is -2.04. The van der Waals surface area contributed by atoms with Crippen molar-refractivity contribution in [3.63, 3.8) is 0 Å². The molecule has 1 aliphatic carbocycles. The van der Waals surface area contributed by atoms with E-state index >= 15 is 0 Å². The fourth-order valence-corrected chi connectivity index (χ4v) is 2.34. The minimum absolute atomic E-state index is 0.105. The number of carboxylic acid groups (broad SMARTS) is 1. The highest BCUT2D eigenvalue weighted by Gasteiger charge is 2.39. The standard InChI is InChI=1S/C15H20N2O3/c1-2-6-12(14(18)19)16-15(20)17-13-9-11(13)10-7-4-3-5-8-10/h3-5,7-8,11-13H,2,6,9H2,1H3,(H,18,19)(H2,16,17,20)/t11?,12-,13?/m0/s1. The van der Waals surface area contributed by atoms with Crippen molar-refractivity contribution in [3.8, 4) is 0 Å². The minimum atomic E-state index is -0.989. The van der Waals surface area contributed by atoms with Crippen molar-refractivity contribution in [2.24, 2.45) is 0 Å². The van der Waals surface area contributed by atoms with Gasteiger partial charge in [-0.25, -0.2) is 9.59 Å². The molecule has 1 aromatic rings. The van der Waals surface area contributed by atoms with Crippen LogP contribution in [0.1, 0.15) is 37.7 Å². The van der Waals surface area contributed by atoms with Crippen LogP contribution in [0.25, 0.3) is 0 Å². The normalized spacial score (nSPS) is 21.9. The first-order valence-corrected chi connectivity index (χ1v) is 6.96. The molecule has 1 fully saturated rings. The molecule has 1 aliphatic rings. The summed E-state index contributed by atoms with van der Waals surface area (Å²) in [5, 5.41) is 14.3. The summed E-state index contributed by atoms with van der Waals surface area (Å²) in [6.45, 7) is 1.89. The molecule has 0 spiro atoms. The van der Waals surface area contributed by atoms with Crippen LogP contribution in [0.5, 0.6) is 0 Å². The third-order valence-corrected chi connectivity index (χ3v) is 3.52. The topological polar surface area (TPSA) is 78.4 Å². The van der Waals surface area contributed by atoms with Crippen LogP contribution >= 0.6 is 0 Å². The molecule has 0 aromatic heterocycles. The maximum Gasteiger partial charge on any atom is 0.326 e. The maximum atomic E-state index is 11.8. The van der Waals surface area contributed by atoms with Crippen molar-refractivity contribution in [1.29, 1.82) is 0 Å². The third kappa shape index (κ3) is 3.73. The first-order valence-electron chi connectivity index (χ1n) is 6.96.